The Morgan fingerprint density at radius 1 is 0.0741 bits per heavy atom. The van der Waals surface area contributed by atoms with Crippen LogP contribution in [0.25, 0.3) is 0 Å². The van der Waals surface area contributed by atoms with Crippen molar-refractivity contribution >= 4 is 273 Å². The molecule has 18 saturated heterocycles. The van der Waals surface area contributed by atoms with E-state index in [4.69, 9.17) is 85.3 Å². The van der Waals surface area contributed by atoms with Gasteiger partial charge in [0.1, 0.15) is 0 Å². The van der Waals surface area contributed by atoms with Crippen LogP contribution in [0.3, 0.4) is 0 Å². The molecule has 18 aliphatic rings. The third-order valence-corrected chi connectivity index (χ3v) is 14.9. The van der Waals surface area contributed by atoms with Gasteiger partial charge in [0.15, 0.2) is 0 Å². The molecule has 18 heterocycles. The fourth-order valence-corrected chi connectivity index (χ4v) is 9.19. The van der Waals surface area contributed by atoms with Crippen LogP contribution < -0.4 is 192 Å². The van der Waals surface area contributed by atoms with Crippen molar-refractivity contribution in [3.63, 3.8) is 0 Å². The number of rotatable bonds is 0. The largest absolute Gasteiger partial charge is 2.00 e. The molecule has 0 aromatic carbocycles. The Bertz CT molecular complexity index is 732. The van der Waals surface area contributed by atoms with E-state index in [0.29, 0.717) is 0 Å². The van der Waals surface area contributed by atoms with E-state index in [0.717, 1.165) is 238 Å². The summed E-state index contributed by atoms with van der Waals surface area (Å²) in [4.78, 5) is 0. The Hall–Kier alpha value is 13.8. The van der Waals surface area contributed by atoms with Crippen LogP contribution >= 0.6 is 0 Å². The minimum absolute atomic E-state index is 0. The first-order chi connectivity index (χ1) is 45.0. The summed E-state index contributed by atoms with van der Waals surface area (Å²) in [6.07, 6.45) is 46.0. The minimum Gasteiger partial charge on any atom is -1.00 e. The first-order valence-corrected chi connectivity index (χ1v) is 37.4. The maximum Gasteiger partial charge on any atom is 2.00 e. The van der Waals surface area contributed by atoms with E-state index in [9.17, 15) is 0 Å². The first-order valence-electron chi connectivity index (χ1n) is 37.4. The van der Waals surface area contributed by atoms with Crippen LogP contribution in [-0.2, 0) is 85.3 Å². The van der Waals surface area contributed by atoms with E-state index in [1.54, 1.807) is 0 Å². The molecule has 4 N–H and O–H groups in total. The van der Waals surface area contributed by atoms with Gasteiger partial charge >= 0.3 is 273 Å². The molecule has 18 rings (SSSR count). The predicted molar refractivity (Wildman–Crippen MR) is 403 cm³/mol. The summed E-state index contributed by atoms with van der Waals surface area (Å²) >= 11 is 0. The van der Waals surface area contributed by atoms with Crippen molar-refractivity contribution in [2.24, 2.45) is 0 Å². The molecular formula is C72H148I8O22Sr6. The molecule has 0 atom stereocenters. The van der Waals surface area contributed by atoms with Crippen LogP contribution in [-0.4, -0.2) is 533 Å². The topological polar surface area (TPSA) is 286 Å². The fourth-order valence-electron chi connectivity index (χ4n) is 9.19. The van der Waals surface area contributed by atoms with Crippen LogP contribution in [0.4, 0.5) is 0 Å². The van der Waals surface area contributed by atoms with Crippen LogP contribution in [0.1, 0.15) is 231 Å². The average molecular weight is 2910 g/mol. The van der Waals surface area contributed by atoms with Gasteiger partial charge in [0, 0.05) is 238 Å². The molecule has 0 amide bonds. The molecule has 36 heteroatoms. The van der Waals surface area contributed by atoms with Crippen LogP contribution in [0, 0.1) is 0 Å². The second-order valence-electron chi connectivity index (χ2n) is 23.8. The molecule has 0 saturated carbocycles. The molecule has 22 nitrogen and oxygen atoms in total. The van der Waals surface area contributed by atoms with Crippen molar-refractivity contribution in [2.75, 3.05) is 238 Å². The smallest absolute Gasteiger partial charge is 1.00 e. The molecule has 636 valence electrons. The van der Waals surface area contributed by atoms with E-state index < -0.39 is 0 Å². The summed E-state index contributed by atoms with van der Waals surface area (Å²) in [5.41, 5.74) is 0. The molecule has 18 aliphatic heterocycles. The zero-order valence-corrected chi connectivity index (χ0v) is 105. The van der Waals surface area contributed by atoms with E-state index >= 15 is 0 Å². The summed E-state index contributed by atoms with van der Waals surface area (Å²) in [6.45, 7) is 36.0. The Balaban J connectivity index is -0.0000000492. The molecule has 0 aromatic rings. The van der Waals surface area contributed by atoms with Gasteiger partial charge in [-0.15, -0.1) is 0 Å². The molecule has 0 bridgehead atoms. The summed E-state index contributed by atoms with van der Waals surface area (Å²) in [7, 11) is 0. The summed E-state index contributed by atoms with van der Waals surface area (Å²) < 4.78 is 89.0. The molecule has 0 aliphatic carbocycles. The van der Waals surface area contributed by atoms with Crippen molar-refractivity contribution in [1.82, 2.24) is 0 Å². The van der Waals surface area contributed by atoms with Crippen LogP contribution in [0.2, 0.25) is 0 Å². The molecule has 0 radical (unpaired) electrons. The van der Waals surface area contributed by atoms with Gasteiger partial charge in [-0.1, -0.05) is 0 Å². The van der Waals surface area contributed by atoms with Crippen molar-refractivity contribution in [3.8, 4) is 0 Å². The SMILES string of the molecule is C1CCOC1.C1CCOC1.C1CCOC1.C1CCOC1.C1CCOC1.C1CCOC1.C1CCOC1.C1CCOC1.C1CCOC1.C1CCOC1.C1CCOC1.C1CCOC1.C1CCOC1.C1CCOC1.C1CCOC1.C1CCOC1.C1CCOC1.C1CCOC1.[I-].[I-].[I-].[I-].[I-].[I-].[I-].[I-].[OH-].[OH-].[OH-].[OH-].[Sr+2].[Sr+2].[Sr+2].[Sr+2].[Sr+2].[Sr+2]. The fraction of sp³-hybridized carbons (Fsp3) is 1.00. The van der Waals surface area contributed by atoms with Gasteiger partial charge in [-0.05, 0) is 231 Å². The minimum atomic E-state index is 0. The van der Waals surface area contributed by atoms with Crippen molar-refractivity contribution in [1.29, 1.82) is 0 Å². The van der Waals surface area contributed by atoms with Crippen molar-refractivity contribution in [3.05, 3.63) is 0 Å². The van der Waals surface area contributed by atoms with Gasteiger partial charge in [0.25, 0.3) is 0 Å². The van der Waals surface area contributed by atoms with Gasteiger partial charge in [0.2, 0.25) is 0 Å². The van der Waals surface area contributed by atoms with Gasteiger partial charge in [-0.2, -0.15) is 0 Å². The third kappa shape index (κ3) is 157. The van der Waals surface area contributed by atoms with Gasteiger partial charge < -0.3 is 299 Å². The normalized spacial score (nSPS) is 20.0. The number of ether oxygens (including phenoxy) is 18. The molecule has 0 unspecified atom stereocenters. The van der Waals surface area contributed by atoms with E-state index in [1.165, 1.54) is 231 Å². The zero-order valence-electron chi connectivity index (χ0n) is 67.3. The summed E-state index contributed by atoms with van der Waals surface area (Å²) in [5.74, 6) is 0. The van der Waals surface area contributed by atoms with Gasteiger partial charge in [0.05, 0.1) is 0 Å². The average Bonchev–Trinajstić information content (AvgIpc) is 4.50. The third-order valence-electron chi connectivity index (χ3n) is 14.9. The second kappa shape index (κ2) is 161. The summed E-state index contributed by atoms with van der Waals surface area (Å²) in [6, 6.07) is 0. The van der Waals surface area contributed by atoms with Crippen molar-refractivity contribution in [2.45, 2.75) is 231 Å². The van der Waals surface area contributed by atoms with Crippen LogP contribution in [0.5, 0.6) is 0 Å². The van der Waals surface area contributed by atoms with E-state index in [1.807, 2.05) is 0 Å². The summed E-state index contributed by atoms with van der Waals surface area (Å²) in [5, 5.41) is 0. The number of halogens is 8. The van der Waals surface area contributed by atoms with Crippen molar-refractivity contribution < 1.29 is 299 Å². The van der Waals surface area contributed by atoms with Gasteiger partial charge in [-0.3, -0.25) is 0 Å². The second-order valence-corrected chi connectivity index (χ2v) is 23.8. The number of hydrogen-bond donors (Lipinski definition) is 0. The Kier molecular flexibility index (Phi) is 246. The molecule has 0 spiro atoms. The Labute approximate surface area is 1020 Å². The van der Waals surface area contributed by atoms with Crippen LogP contribution in [0.15, 0.2) is 0 Å². The zero-order chi connectivity index (χ0) is 63.6. The maximum atomic E-state index is 4.94. The molecule has 0 aromatic heterocycles. The number of hydrogen-bond acceptors (Lipinski definition) is 22. The molecule has 18 fully saturated rings. The molecule has 108 heavy (non-hydrogen) atoms. The quantitative estimate of drug-likeness (QED) is 0.161. The van der Waals surface area contributed by atoms with E-state index in [-0.39, 0.29) is 487 Å². The molecular weight excluding hydrogens is 2760 g/mol. The Morgan fingerprint density at radius 3 is 0.111 bits per heavy atom. The first kappa shape index (κ1) is 165. The monoisotopic (exact) mass is 2910 g/mol. The Morgan fingerprint density at radius 2 is 0.102 bits per heavy atom. The van der Waals surface area contributed by atoms with Gasteiger partial charge in [-0.25, -0.2) is 0 Å². The standard InChI is InChI=1S/18C4H8O.8HI.4H2O.6Sr/c18*1-2-4-5-3-1;;;;;;;;;;;;;;;;;;/h18*1-4H2;8*1H;4*1H2;;;;;;/q;;;;;;;;;;;;;;;;;;;;;;;;;;;;;;6*+2/p-12. The predicted octanol–water partition coefficient (Wildman–Crippen LogP) is -12.6. The maximum absolute atomic E-state index is 4.94. The van der Waals surface area contributed by atoms with E-state index in [2.05, 4.69) is 0 Å².